The van der Waals surface area contributed by atoms with Crippen molar-refractivity contribution in [2.45, 2.75) is 26.7 Å². The number of benzene rings is 1. The molecule has 2 N–H and O–H groups in total. The summed E-state index contributed by atoms with van der Waals surface area (Å²) in [6, 6.07) is 3.81. The van der Waals surface area contributed by atoms with Crippen molar-refractivity contribution in [1.82, 2.24) is 0 Å². The zero-order valence-electron chi connectivity index (χ0n) is 9.92. The summed E-state index contributed by atoms with van der Waals surface area (Å²) in [5.74, 6) is -0.329. The Hall–Kier alpha value is -1.51. The Morgan fingerprint density at radius 3 is 2.44 bits per heavy atom. The van der Waals surface area contributed by atoms with Crippen LogP contribution in [0, 0.1) is 13.8 Å². The topological polar surface area (TPSA) is 46.3 Å². The SMILES string of the molecule is Cc1ccc(C(N)=O)c(N2CCCC2)c1C. The van der Waals surface area contributed by atoms with Crippen LogP contribution in [-0.4, -0.2) is 19.0 Å². The maximum absolute atomic E-state index is 11.4. The van der Waals surface area contributed by atoms with Crippen molar-refractivity contribution in [1.29, 1.82) is 0 Å². The first-order chi connectivity index (χ1) is 7.61. The standard InChI is InChI=1S/C13H18N2O/c1-9-5-6-11(13(14)16)12(10(9)2)15-7-3-4-8-15/h5-6H,3-4,7-8H2,1-2H3,(H2,14,16). The summed E-state index contributed by atoms with van der Waals surface area (Å²) in [5, 5.41) is 0. The van der Waals surface area contributed by atoms with E-state index in [4.69, 9.17) is 5.73 Å². The van der Waals surface area contributed by atoms with Crippen LogP contribution in [0.15, 0.2) is 12.1 Å². The molecule has 0 bridgehead atoms. The van der Waals surface area contributed by atoms with E-state index in [1.807, 2.05) is 12.1 Å². The Kier molecular flexibility index (Phi) is 2.86. The molecule has 16 heavy (non-hydrogen) atoms. The first-order valence-electron chi connectivity index (χ1n) is 5.76. The number of amides is 1. The summed E-state index contributed by atoms with van der Waals surface area (Å²) < 4.78 is 0. The highest BCUT2D eigenvalue weighted by Gasteiger charge is 2.20. The molecule has 0 atom stereocenters. The van der Waals surface area contributed by atoms with Crippen molar-refractivity contribution < 1.29 is 4.79 Å². The van der Waals surface area contributed by atoms with Crippen LogP contribution in [0.2, 0.25) is 0 Å². The predicted molar refractivity (Wildman–Crippen MR) is 65.9 cm³/mol. The molecular weight excluding hydrogens is 200 g/mol. The summed E-state index contributed by atoms with van der Waals surface area (Å²) in [5.41, 5.74) is 9.53. The largest absolute Gasteiger partial charge is 0.371 e. The van der Waals surface area contributed by atoms with E-state index in [-0.39, 0.29) is 5.91 Å². The fourth-order valence-corrected chi connectivity index (χ4v) is 2.35. The van der Waals surface area contributed by atoms with Gasteiger partial charge in [0.25, 0.3) is 5.91 Å². The number of nitrogens with zero attached hydrogens (tertiary/aromatic N) is 1. The molecule has 1 aromatic carbocycles. The normalized spacial score (nSPS) is 15.5. The first-order valence-corrected chi connectivity index (χ1v) is 5.76. The van der Waals surface area contributed by atoms with Crippen LogP contribution in [0.5, 0.6) is 0 Å². The van der Waals surface area contributed by atoms with E-state index in [1.165, 1.54) is 24.0 Å². The van der Waals surface area contributed by atoms with E-state index >= 15 is 0 Å². The maximum atomic E-state index is 11.4. The van der Waals surface area contributed by atoms with Crippen LogP contribution < -0.4 is 10.6 Å². The highest BCUT2D eigenvalue weighted by Crippen LogP contribution is 2.30. The molecule has 0 aliphatic carbocycles. The molecular formula is C13H18N2O. The van der Waals surface area contributed by atoms with Gasteiger partial charge in [0.1, 0.15) is 0 Å². The summed E-state index contributed by atoms with van der Waals surface area (Å²) in [6.45, 7) is 6.20. The molecule has 2 rings (SSSR count). The smallest absolute Gasteiger partial charge is 0.250 e. The highest BCUT2D eigenvalue weighted by atomic mass is 16.1. The molecule has 1 aliphatic heterocycles. The number of primary amides is 1. The molecule has 0 spiro atoms. The maximum Gasteiger partial charge on any atom is 0.250 e. The van der Waals surface area contributed by atoms with E-state index in [9.17, 15) is 4.79 Å². The van der Waals surface area contributed by atoms with Crippen LogP contribution >= 0.6 is 0 Å². The number of aryl methyl sites for hydroxylation is 1. The van der Waals surface area contributed by atoms with Crippen LogP contribution in [-0.2, 0) is 0 Å². The van der Waals surface area contributed by atoms with Crippen LogP contribution in [0.1, 0.15) is 34.3 Å². The zero-order chi connectivity index (χ0) is 11.7. The van der Waals surface area contributed by atoms with Gasteiger partial charge in [-0.25, -0.2) is 0 Å². The van der Waals surface area contributed by atoms with Crippen molar-refractivity contribution in [3.63, 3.8) is 0 Å². The van der Waals surface area contributed by atoms with Crippen molar-refractivity contribution in [2.24, 2.45) is 5.73 Å². The van der Waals surface area contributed by atoms with Crippen molar-refractivity contribution in [3.05, 3.63) is 28.8 Å². The molecule has 0 unspecified atom stereocenters. The minimum Gasteiger partial charge on any atom is -0.371 e. The molecule has 0 radical (unpaired) electrons. The molecule has 0 aromatic heterocycles. The Balaban J connectivity index is 2.53. The van der Waals surface area contributed by atoms with Gasteiger partial charge in [0.15, 0.2) is 0 Å². The second kappa shape index (κ2) is 4.16. The van der Waals surface area contributed by atoms with E-state index in [0.29, 0.717) is 5.56 Å². The minimum atomic E-state index is -0.329. The number of nitrogens with two attached hydrogens (primary N) is 1. The van der Waals surface area contributed by atoms with Gasteiger partial charge < -0.3 is 10.6 Å². The van der Waals surface area contributed by atoms with Crippen molar-refractivity contribution in [2.75, 3.05) is 18.0 Å². The monoisotopic (exact) mass is 218 g/mol. The quantitative estimate of drug-likeness (QED) is 0.825. The van der Waals surface area contributed by atoms with Gasteiger partial charge in [-0.05, 0) is 43.9 Å². The van der Waals surface area contributed by atoms with E-state index < -0.39 is 0 Å². The van der Waals surface area contributed by atoms with Crippen LogP contribution in [0.3, 0.4) is 0 Å². The van der Waals surface area contributed by atoms with Gasteiger partial charge in [-0.3, -0.25) is 4.79 Å². The van der Waals surface area contributed by atoms with Gasteiger partial charge in [-0.1, -0.05) is 6.07 Å². The van der Waals surface area contributed by atoms with Gasteiger partial charge >= 0.3 is 0 Å². The average molecular weight is 218 g/mol. The number of rotatable bonds is 2. The lowest BCUT2D eigenvalue weighted by atomic mass is 10.0. The zero-order valence-corrected chi connectivity index (χ0v) is 9.92. The Labute approximate surface area is 96.2 Å². The lowest BCUT2D eigenvalue weighted by molar-refractivity contribution is 0.100. The molecule has 0 saturated carbocycles. The molecule has 1 aromatic rings. The molecule has 3 heteroatoms. The van der Waals surface area contributed by atoms with Crippen LogP contribution in [0.25, 0.3) is 0 Å². The van der Waals surface area contributed by atoms with Gasteiger partial charge in [0.05, 0.1) is 11.3 Å². The summed E-state index contributed by atoms with van der Waals surface area (Å²) in [6.07, 6.45) is 2.40. The van der Waals surface area contributed by atoms with Crippen LogP contribution in [0.4, 0.5) is 5.69 Å². The summed E-state index contributed by atoms with van der Waals surface area (Å²) in [7, 11) is 0. The van der Waals surface area contributed by atoms with Gasteiger partial charge in [-0.15, -0.1) is 0 Å². The summed E-state index contributed by atoms with van der Waals surface area (Å²) >= 11 is 0. The second-order valence-corrected chi connectivity index (χ2v) is 4.46. The second-order valence-electron chi connectivity index (χ2n) is 4.46. The van der Waals surface area contributed by atoms with Crippen molar-refractivity contribution in [3.8, 4) is 0 Å². The number of hydrogen-bond acceptors (Lipinski definition) is 2. The van der Waals surface area contributed by atoms with Gasteiger partial charge in [0.2, 0.25) is 0 Å². The van der Waals surface area contributed by atoms with E-state index in [2.05, 4.69) is 18.7 Å². The fourth-order valence-electron chi connectivity index (χ4n) is 2.35. The number of carbonyl (C=O) groups excluding carboxylic acids is 1. The highest BCUT2D eigenvalue weighted by molar-refractivity contribution is 5.99. The molecule has 1 fully saturated rings. The third-order valence-electron chi connectivity index (χ3n) is 3.39. The lowest BCUT2D eigenvalue weighted by Crippen LogP contribution is -2.24. The first kappa shape index (κ1) is 11.0. The Morgan fingerprint density at radius 2 is 1.88 bits per heavy atom. The number of anilines is 1. The fraction of sp³-hybridized carbons (Fsp3) is 0.462. The number of hydrogen-bond donors (Lipinski definition) is 1. The molecule has 1 aliphatic rings. The van der Waals surface area contributed by atoms with Gasteiger partial charge in [-0.2, -0.15) is 0 Å². The Bertz CT molecular complexity index is 420. The molecule has 3 nitrogen and oxygen atoms in total. The summed E-state index contributed by atoms with van der Waals surface area (Å²) in [4.78, 5) is 13.7. The lowest BCUT2D eigenvalue weighted by Gasteiger charge is -2.23. The third kappa shape index (κ3) is 1.77. The average Bonchev–Trinajstić information content (AvgIpc) is 2.74. The molecule has 1 amide bonds. The molecule has 86 valence electrons. The Morgan fingerprint density at radius 1 is 1.25 bits per heavy atom. The minimum absolute atomic E-state index is 0.329. The molecule has 1 saturated heterocycles. The predicted octanol–water partition coefficient (Wildman–Crippen LogP) is 2.00. The van der Waals surface area contributed by atoms with Gasteiger partial charge in [0, 0.05) is 13.1 Å². The third-order valence-corrected chi connectivity index (χ3v) is 3.39. The van der Waals surface area contributed by atoms with Crippen molar-refractivity contribution >= 4 is 11.6 Å². The van der Waals surface area contributed by atoms with E-state index in [0.717, 1.165) is 18.8 Å². The molecule has 1 heterocycles. The van der Waals surface area contributed by atoms with E-state index in [1.54, 1.807) is 0 Å². The number of carbonyl (C=O) groups is 1.